The molecule has 0 aromatic carbocycles. The van der Waals surface area contributed by atoms with Gasteiger partial charge in [-0.1, -0.05) is 0 Å². The number of amides is 1. The molecule has 1 spiro atoms. The van der Waals surface area contributed by atoms with Crippen LogP contribution in [0.4, 0.5) is 5.82 Å². The molecule has 0 unspecified atom stereocenters. The fourth-order valence-corrected chi connectivity index (χ4v) is 5.00. The van der Waals surface area contributed by atoms with Gasteiger partial charge in [-0.05, 0) is 58.8 Å². The molecule has 4 rings (SSSR count). The third-order valence-electron chi connectivity index (χ3n) is 6.72. The van der Waals surface area contributed by atoms with Gasteiger partial charge in [0.15, 0.2) is 0 Å². The smallest absolute Gasteiger partial charge is 0.229 e. The molecule has 1 aromatic heterocycles. The molecule has 0 atom stereocenters. The Morgan fingerprint density at radius 1 is 1.08 bits per heavy atom. The number of carbonyl (C=O) groups excluding carboxylic acids is 1. The predicted molar refractivity (Wildman–Crippen MR) is 100.0 cm³/mol. The lowest BCUT2D eigenvalue weighted by atomic mass is 9.77. The molecule has 2 saturated heterocycles. The quantitative estimate of drug-likeness (QED) is 0.878. The number of nitrogens with zero attached hydrogens (tertiary/aromatic N) is 4. The van der Waals surface area contributed by atoms with E-state index in [1.807, 2.05) is 20.0 Å². The molecule has 1 saturated carbocycles. The minimum absolute atomic E-state index is 0.167. The summed E-state index contributed by atoms with van der Waals surface area (Å²) in [5.74, 6) is 1.34. The Hall–Kier alpha value is -1.69. The number of aliphatic hydroxyl groups excluding tert-OH is 1. The molecule has 1 N–H and O–H groups in total. The number of aliphatic hydroxyl groups is 1. The lowest BCUT2D eigenvalue weighted by molar-refractivity contribution is -0.139. The second-order valence-corrected chi connectivity index (χ2v) is 8.40. The van der Waals surface area contributed by atoms with Gasteiger partial charge in [0.05, 0.1) is 22.9 Å². The fourth-order valence-electron chi connectivity index (χ4n) is 5.00. The van der Waals surface area contributed by atoms with Crippen LogP contribution in [0.5, 0.6) is 0 Å². The average Bonchev–Trinajstić information content (AvgIpc) is 2.95. The van der Waals surface area contributed by atoms with Crippen LogP contribution in [0.1, 0.15) is 56.3 Å². The monoisotopic (exact) mass is 358 g/mol. The first-order chi connectivity index (χ1) is 12.5. The summed E-state index contributed by atoms with van der Waals surface area (Å²) in [6.07, 6.45) is 8.02. The van der Waals surface area contributed by atoms with Gasteiger partial charge in [0.1, 0.15) is 5.82 Å². The van der Waals surface area contributed by atoms with Gasteiger partial charge < -0.3 is 14.9 Å². The van der Waals surface area contributed by atoms with Crippen LogP contribution in [-0.4, -0.2) is 57.7 Å². The van der Waals surface area contributed by atoms with Gasteiger partial charge in [-0.2, -0.15) is 0 Å². The predicted octanol–water partition coefficient (Wildman–Crippen LogP) is 2.22. The molecule has 2 aliphatic heterocycles. The van der Waals surface area contributed by atoms with Crippen molar-refractivity contribution in [3.05, 3.63) is 17.6 Å². The van der Waals surface area contributed by atoms with E-state index >= 15 is 0 Å². The molecule has 3 heterocycles. The molecule has 1 aliphatic carbocycles. The summed E-state index contributed by atoms with van der Waals surface area (Å²) in [4.78, 5) is 26.8. The summed E-state index contributed by atoms with van der Waals surface area (Å²) in [5.41, 5.74) is 1.73. The molecule has 3 aliphatic rings. The van der Waals surface area contributed by atoms with Crippen LogP contribution < -0.4 is 4.90 Å². The zero-order chi connectivity index (χ0) is 18.3. The van der Waals surface area contributed by atoms with E-state index in [0.717, 1.165) is 81.8 Å². The van der Waals surface area contributed by atoms with Crippen LogP contribution in [0.2, 0.25) is 0 Å². The molecule has 1 aromatic rings. The number of rotatable bonds is 2. The molecular formula is C20H30N4O2. The van der Waals surface area contributed by atoms with Gasteiger partial charge in [-0.3, -0.25) is 9.78 Å². The Morgan fingerprint density at radius 2 is 1.73 bits per heavy atom. The van der Waals surface area contributed by atoms with E-state index < -0.39 is 0 Å². The summed E-state index contributed by atoms with van der Waals surface area (Å²) in [6.45, 7) is 6.62. The normalized spacial score (nSPS) is 28.8. The topological polar surface area (TPSA) is 69.6 Å². The van der Waals surface area contributed by atoms with Gasteiger partial charge in [0, 0.05) is 31.9 Å². The van der Waals surface area contributed by atoms with E-state index in [1.165, 1.54) is 0 Å². The lowest BCUT2D eigenvalue weighted by Gasteiger charge is -2.40. The molecule has 0 radical (unpaired) electrons. The first kappa shape index (κ1) is 17.7. The van der Waals surface area contributed by atoms with Crippen LogP contribution >= 0.6 is 0 Å². The fraction of sp³-hybridized carbons (Fsp3) is 0.750. The molecule has 26 heavy (non-hydrogen) atoms. The zero-order valence-electron chi connectivity index (χ0n) is 15.9. The maximum atomic E-state index is 13.2. The van der Waals surface area contributed by atoms with Gasteiger partial charge in [0.25, 0.3) is 0 Å². The first-order valence-corrected chi connectivity index (χ1v) is 10.0. The summed E-state index contributed by atoms with van der Waals surface area (Å²) in [5, 5.41) is 9.74. The van der Waals surface area contributed by atoms with E-state index in [-0.39, 0.29) is 11.5 Å². The van der Waals surface area contributed by atoms with Crippen LogP contribution in [0.15, 0.2) is 6.20 Å². The Kier molecular flexibility index (Phi) is 4.63. The van der Waals surface area contributed by atoms with Crippen molar-refractivity contribution < 1.29 is 9.90 Å². The van der Waals surface area contributed by atoms with E-state index in [2.05, 4.69) is 19.8 Å². The highest BCUT2D eigenvalue weighted by Crippen LogP contribution is 2.44. The number of aryl methyl sites for hydroxylation is 2. The summed E-state index contributed by atoms with van der Waals surface area (Å²) in [6, 6.07) is 0.341. The number of hydrogen-bond acceptors (Lipinski definition) is 5. The maximum Gasteiger partial charge on any atom is 0.229 e. The number of aromatic nitrogens is 2. The molecule has 6 heteroatoms. The van der Waals surface area contributed by atoms with Crippen LogP contribution in [0.25, 0.3) is 0 Å². The van der Waals surface area contributed by atoms with Gasteiger partial charge in [0.2, 0.25) is 5.91 Å². The van der Waals surface area contributed by atoms with Crippen molar-refractivity contribution in [2.75, 3.05) is 24.5 Å². The first-order valence-electron chi connectivity index (χ1n) is 10.0. The van der Waals surface area contributed by atoms with Crippen molar-refractivity contribution in [2.24, 2.45) is 5.41 Å². The number of anilines is 1. The minimum Gasteiger partial charge on any atom is -0.393 e. The van der Waals surface area contributed by atoms with Crippen LogP contribution in [-0.2, 0) is 4.79 Å². The number of hydrogen-bond donors (Lipinski definition) is 1. The highest BCUT2D eigenvalue weighted by atomic mass is 16.3. The number of piperidine rings is 1. The van der Waals surface area contributed by atoms with Gasteiger partial charge in [-0.15, -0.1) is 0 Å². The Balaban J connectivity index is 1.42. The van der Waals surface area contributed by atoms with Crippen molar-refractivity contribution in [3.8, 4) is 0 Å². The van der Waals surface area contributed by atoms with Crippen molar-refractivity contribution in [1.29, 1.82) is 0 Å². The van der Waals surface area contributed by atoms with Gasteiger partial charge >= 0.3 is 0 Å². The summed E-state index contributed by atoms with van der Waals surface area (Å²) in [7, 11) is 0. The highest BCUT2D eigenvalue weighted by molar-refractivity contribution is 5.85. The highest BCUT2D eigenvalue weighted by Gasteiger charge is 2.50. The molecule has 3 fully saturated rings. The van der Waals surface area contributed by atoms with Gasteiger partial charge in [-0.25, -0.2) is 4.98 Å². The third kappa shape index (κ3) is 3.08. The van der Waals surface area contributed by atoms with E-state index in [1.54, 1.807) is 0 Å². The van der Waals surface area contributed by atoms with E-state index in [4.69, 9.17) is 0 Å². The molecule has 6 nitrogen and oxygen atoms in total. The second-order valence-electron chi connectivity index (χ2n) is 8.40. The molecule has 1 amide bonds. The minimum atomic E-state index is -0.169. The maximum absolute atomic E-state index is 13.2. The van der Waals surface area contributed by atoms with Crippen molar-refractivity contribution in [2.45, 2.75) is 70.9 Å². The third-order valence-corrected chi connectivity index (χ3v) is 6.72. The zero-order valence-corrected chi connectivity index (χ0v) is 15.9. The standard InChI is InChI=1S/C20H30N4O2/c1-14-13-21-15(2)18(22-14)23-10-7-20(8-11-23)9-12-24(19(20)26)16-3-5-17(25)6-4-16/h13,16-17,25H,3-12H2,1-2H3/t16-,17+. The second kappa shape index (κ2) is 6.80. The van der Waals surface area contributed by atoms with E-state index in [0.29, 0.717) is 11.9 Å². The summed E-state index contributed by atoms with van der Waals surface area (Å²) < 4.78 is 0. The molecular weight excluding hydrogens is 328 g/mol. The molecule has 142 valence electrons. The number of likely N-dealkylation sites (tertiary alicyclic amines) is 1. The SMILES string of the molecule is Cc1cnc(C)c(N2CCC3(CC2)CCN([C@H]2CC[C@@H](O)CC2)C3=O)n1. The number of carbonyl (C=O) groups is 1. The van der Waals surface area contributed by atoms with Crippen molar-refractivity contribution >= 4 is 11.7 Å². The van der Waals surface area contributed by atoms with Crippen molar-refractivity contribution in [3.63, 3.8) is 0 Å². The van der Waals surface area contributed by atoms with Crippen LogP contribution in [0.3, 0.4) is 0 Å². The van der Waals surface area contributed by atoms with Crippen LogP contribution in [0, 0.1) is 19.3 Å². The Labute approximate surface area is 155 Å². The lowest BCUT2D eigenvalue weighted by Crippen LogP contribution is -2.47. The Bertz CT molecular complexity index is 676. The van der Waals surface area contributed by atoms with Crippen molar-refractivity contribution in [1.82, 2.24) is 14.9 Å². The molecule has 0 bridgehead atoms. The largest absolute Gasteiger partial charge is 0.393 e. The Morgan fingerprint density at radius 3 is 2.42 bits per heavy atom. The average molecular weight is 358 g/mol. The van der Waals surface area contributed by atoms with E-state index in [9.17, 15) is 9.90 Å². The summed E-state index contributed by atoms with van der Waals surface area (Å²) >= 11 is 0.